The van der Waals surface area contributed by atoms with Crippen LogP contribution in [0, 0.1) is 0 Å². The Morgan fingerprint density at radius 2 is 2.00 bits per heavy atom. The minimum atomic E-state index is -5.10. The zero-order valence-corrected chi connectivity index (χ0v) is 7.80. The van der Waals surface area contributed by atoms with Gasteiger partial charge in [-0.3, -0.25) is 4.57 Å². The van der Waals surface area contributed by atoms with Gasteiger partial charge in [-0.05, 0) is 6.92 Å². The molecule has 0 spiro atoms. The smallest absolute Gasteiger partial charge is 0.295 e. The molecule has 0 fully saturated rings. The summed E-state index contributed by atoms with van der Waals surface area (Å²) in [7, 11) is -5.10. The van der Waals surface area contributed by atoms with Crippen LogP contribution in [-0.2, 0) is 16.8 Å². The average molecular weight is 229 g/mol. The van der Waals surface area contributed by atoms with Crippen LogP contribution in [0.15, 0.2) is 5.16 Å². The van der Waals surface area contributed by atoms with Crippen molar-refractivity contribution in [1.82, 2.24) is 14.8 Å². The lowest BCUT2D eigenvalue weighted by Gasteiger charge is -2.02. The van der Waals surface area contributed by atoms with Crippen molar-refractivity contribution in [3.05, 3.63) is 5.82 Å². The highest BCUT2D eigenvalue weighted by atomic mass is 32.3. The first-order chi connectivity index (χ1) is 6.38. The molecule has 0 aliphatic heterocycles. The van der Waals surface area contributed by atoms with E-state index < -0.39 is 27.6 Å². The van der Waals surface area contributed by atoms with Gasteiger partial charge in [-0.15, -0.1) is 10.2 Å². The first kappa shape index (κ1) is 11.0. The second-order valence-corrected chi connectivity index (χ2v) is 3.56. The summed E-state index contributed by atoms with van der Waals surface area (Å²) in [5.74, 6) is -0.858. The van der Waals surface area contributed by atoms with Crippen LogP contribution < -0.4 is 0 Å². The third-order valence-electron chi connectivity index (χ3n) is 1.47. The van der Waals surface area contributed by atoms with Crippen LogP contribution in [0.3, 0.4) is 0 Å². The molecule has 0 N–H and O–H groups in total. The second kappa shape index (κ2) is 3.56. The summed E-state index contributed by atoms with van der Waals surface area (Å²) >= 11 is 0. The monoisotopic (exact) mass is 229 g/mol. The van der Waals surface area contributed by atoms with Crippen LogP contribution in [0.5, 0.6) is 0 Å². The van der Waals surface area contributed by atoms with E-state index in [-0.39, 0.29) is 6.54 Å². The molecule has 1 aromatic rings. The number of nitrogens with zero attached hydrogens (tertiary/aromatic N) is 3. The highest BCUT2D eigenvalue weighted by Gasteiger charge is 2.26. The molecule has 0 amide bonds. The summed E-state index contributed by atoms with van der Waals surface area (Å²) in [6.07, 6.45) is -2.99. The highest BCUT2D eigenvalue weighted by Crippen LogP contribution is 2.20. The van der Waals surface area contributed by atoms with Crippen LogP contribution in [0.4, 0.5) is 12.7 Å². The van der Waals surface area contributed by atoms with E-state index in [2.05, 4.69) is 10.2 Å². The van der Waals surface area contributed by atoms with E-state index in [1.165, 1.54) is 6.92 Å². The molecule has 0 aromatic carbocycles. The molecule has 0 atom stereocenters. The molecule has 0 radical (unpaired) electrons. The van der Waals surface area contributed by atoms with Crippen LogP contribution >= 0.6 is 0 Å². The molecule has 1 aromatic heterocycles. The summed E-state index contributed by atoms with van der Waals surface area (Å²) < 4.78 is 58.1. The van der Waals surface area contributed by atoms with Gasteiger partial charge < -0.3 is 0 Å². The van der Waals surface area contributed by atoms with Crippen molar-refractivity contribution in [2.45, 2.75) is 25.1 Å². The van der Waals surface area contributed by atoms with Crippen molar-refractivity contribution < 1.29 is 21.1 Å². The van der Waals surface area contributed by atoms with Crippen LogP contribution in [0.2, 0.25) is 0 Å². The minimum absolute atomic E-state index is 0.148. The molecular formula is C5H6F3N3O2S. The number of rotatable bonds is 3. The fourth-order valence-corrected chi connectivity index (χ4v) is 1.56. The van der Waals surface area contributed by atoms with E-state index >= 15 is 0 Å². The Bertz CT molecular complexity index is 427. The second-order valence-electron chi connectivity index (χ2n) is 2.32. The van der Waals surface area contributed by atoms with Gasteiger partial charge in [0.1, 0.15) is 0 Å². The maximum atomic E-state index is 12.4. The number of hydrogen-bond acceptors (Lipinski definition) is 4. The molecule has 1 heterocycles. The zero-order valence-electron chi connectivity index (χ0n) is 6.98. The maximum absolute atomic E-state index is 12.4. The van der Waals surface area contributed by atoms with Crippen molar-refractivity contribution in [2.24, 2.45) is 0 Å². The predicted octanol–water partition coefficient (Wildman–Crippen LogP) is 0.894. The molecule has 0 unspecified atom stereocenters. The molecule has 0 bridgehead atoms. The lowest BCUT2D eigenvalue weighted by atomic mass is 10.6. The van der Waals surface area contributed by atoms with Crippen molar-refractivity contribution in [2.75, 3.05) is 0 Å². The standard InChI is InChI=1S/C5H6F3N3O2S/c1-2-11-4(3(6)7)9-10-5(11)14(8,12)13/h3H,2H2,1H3. The summed E-state index contributed by atoms with van der Waals surface area (Å²) in [6, 6.07) is 0. The van der Waals surface area contributed by atoms with E-state index in [9.17, 15) is 21.1 Å². The minimum Gasteiger partial charge on any atom is -0.295 e. The average Bonchev–Trinajstić information content (AvgIpc) is 2.45. The normalized spacial score (nSPS) is 12.4. The fraction of sp³-hybridized carbons (Fsp3) is 0.600. The van der Waals surface area contributed by atoms with Crippen LogP contribution in [0.25, 0.3) is 0 Å². The molecule has 80 valence electrons. The predicted molar refractivity (Wildman–Crippen MR) is 38.9 cm³/mol. The zero-order chi connectivity index (χ0) is 10.9. The summed E-state index contributed by atoms with van der Waals surface area (Å²) in [5.41, 5.74) is 0. The molecule has 1 rings (SSSR count). The van der Waals surface area contributed by atoms with E-state index in [1.54, 1.807) is 0 Å². The molecule has 14 heavy (non-hydrogen) atoms. The molecule has 5 nitrogen and oxygen atoms in total. The van der Waals surface area contributed by atoms with Crippen molar-refractivity contribution in [3.63, 3.8) is 0 Å². The molecule has 0 aliphatic carbocycles. The van der Waals surface area contributed by atoms with Gasteiger partial charge in [-0.2, -0.15) is 8.42 Å². The Balaban J connectivity index is 3.35. The maximum Gasteiger partial charge on any atom is 0.368 e. The number of halogens is 3. The summed E-state index contributed by atoms with van der Waals surface area (Å²) in [4.78, 5) is 0. The summed E-state index contributed by atoms with van der Waals surface area (Å²) in [6.45, 7) is 1.23. The lowest BCUT2D eigenvalue weighted by molar-refractivity contribution is 0.134. The first-order valence-corrected chi connectivity index (χ1v) is 4.92. The topological polar surface area (TPSA) is 64.8 Å². The third kappa shape index (κ3) is 1.86. The Morgan fingerprint density at radius 3 is 2.36 bits per heavy atom. The van der Waals surface area contributed by atoms with Gasteiger partial charge in [0, 0.05) is 6.54 Å². The Kier molecular flexibility index (Phi) is 2.79. The molecular weight excluding hydrogens is 223 g/mol. The van der Waals surface area contributed by atoms with E-state index in [4.69, 9.17) is 0 Å². The molecule has 0 saturated carbocycles. The van der Waals surface area contributed by atoms with Crippen LogP contribution in [0.1, 0.15) is 19.2 Å². The van der Waals surface area contributed by atoms with Gasteiger partial charge in [-0.1, -0.05) is 3.89 Å². The highest BCUT2D eigenvalue weighted by molar-refractivity contribution is 7.86. The third-order valence-corrected chi connectivity index (χ3v) is 2.21. The van der Waals surface area contributed by atoms with Crippen molar-refractivity contribution in [1.29, 1.82) is 0 Å². The van der Waals surface area contributed by atoms with Gasteiger partial charge in [0.15, 0.2) is 0 Å². The van der Waals surface area contributed by atoms with Gasteiger partial charge in [0.05, 0.1) is 0 Å². The van der Waals surface area contributed by atoms with Crippen LogP contribution in [-0.4, -0.2) is 23.2 Å². The van der Waals surface area contributed by atoms with Gasteiger partial charge in [0.25, 0.3) is 11.6 Å². The largest absolute Gasteiger partial charge is 0.368 e. The quantitative estimate of drug-likeness (QED) is 0.722. The number of alkyl halides is 2. The number of aromatic nitrogens is 3. The van der Waals surface area contributed by atoms with Crippen molar-refractivity contribution >= 4 is 10.2 Å². The van der Waals surface area contributed by atoms with E-state index in [0.717, 1.165) is 0 Å². The van der Waals surface area contributed by atoms with E-state index in [0.29, 0.717) is 4.57 Å². The Morgan fingerprint density at radius 1 is 1.43 bits per heavy atom. The number of hydrogen-bond donors (Lipinski definition) is 0. The Labute approximate surface area is 77.8 Å². The molecule has 0 saturated heterocycles. The molecule has 9 heteroatoms. The SMILES string of the molecule is CCn1c(C(F)F)nnc1S(=O)(=O)F. The van der Waals surface area contributed by atoms with Gasteiger partial charge in [-0.25, -0.2) is 8.78 Å². The van der Waals surface area contributed by atoms with Crippen molar-refractivity contribution in [3.8, 4) is 0 Å². The first-order valence-electron chi connectivity index (χ1n) is 3.53. The van der Waals surface area contributed by atoms with E-state index in [1.807, 2.05) is 0 Å². The lowest BCUT2D eigenvalue weighted by Crippen LogP contribution is -2.08. The van der Waals surface area contributed by atoms with Gasteiger partial charge >= 0.3 is 10.2 Å². The Hall–Kier alpha value is -1.12. The molecule has 0 aliphatic rings. The summed E-state index contributed by atoms with van der Waals surface area (Å²) in [5, 5.41) is 4.66. The fourth-order valence-electron chi connectivity index (χ4n) is 0.939. The van der Waals surface area contributed by atoms with Gasteiger partial charge in [0.2, 0.25) is 5.82 Å².